The van der Waals surface area contributed by atoms with E-state index in [9.17, 15) is 19.5 Å². The lowest BCUT2D eigenvalue weighted by Gasteiger charge is -2.25. The van der Waals surface area contributed by atoms with Crippen LogP contribution in [-0.4, -0.2) is 34.8 Å². The molecule has 4 rings (SSSR count). The minimum Gasteiger partial charge on any atom is -0.507 e. The number of ether oxygens (including phenoxy) is 1. The Morgan fingerprint density at radius 2 is 1.71 bits per heavy atom. The average molecular weight is 472 g/mol. The number of Topliss-reactive ketones (excluding diaryl/α,β-unsaturated/α-hetero) is 1. The average Bonchev–Trinajstić information content (AvgIpc) is 3.09. The van der Waals surface area contributed by atoms with Gasteiger partial charge < -0.3 is 15.2 Å². The zero-order valence-corrected chi connectivity index (χ0v) is 19.8. The molecule has 1 fully saturated rings. The van der Waals surface area contributed by atoms with E-state index >= 15 is 0 Å². The molecule has 1 aliphatic rings. The molecule has 0 bridgehead atoms. The van der Waals surface area contributed by atoms with Crippen molar-refractivity contribution < 1.29 is 24.2 Å². The normalized spacial score (nSPS) is 16.9. The quantitative estimate of drug-likeness (QED) is 0.326. The van der Waals surface area contributed by atoms with Gasteiger partial charge in [-0.25, -0.2) is 0 Å². The molecule has 2 amide bonds. The van der Waals surface area contributed by atoms with Crippen molar-refractivity contribution >= 4 is 34.7 Å². The molecule has 1 aromatic heterocycles. The van der Waals surface area contributed by atoms with Crippen molar-refractivity contribution in [3.05, 3.63) is 88.8 Å². The van der Waals surface area contributed by atoms with E-state index in [1.54, 1.807) is 54.9 Å². The number of rotatable bonds is 5. The molecule has 0 saturated carbocycles. The van der Waals surface area contributed by atoms with E-state index in [4.69, 9.17) is 4.74 Å². The summed E-state index contributed by atoms with van der Waals surface area (Å²) >= 11 is 0. The first-order valence-corrected chi connectivity index (χ1v) is 11.0. The van der Waals surface area contributed by atoms with Crippen LogP contribution in [-0.2, 0) is 14.4 Å². The van der Waals surface area contributed by atoms with Gasteiger partial charge in [-0.15, -0.1) is 0 Å². The molecule has 3 aromatic rings. The summed E-state index contributed by atoms with van der Waals surface area (Å²) in [4.78, 5) is 43.4. The Bertz CT molecular complexity index is 1350. The van der Waals surface area contributed by atoms with Crippen molar-refractivity contribution in [1.82, 2.24) is 4.98 Å². The summed E-state index contributed by atoms with van der Waals surface area (Å²) in [5, 5.41) is 14.1. The Hall–Kier alpha value is -4.46. The smallest absolute Gasteiger partial charge is 0.300 e. The van der Waals surface area contributed by atoms with E-state index in [0.717, 1.165) is 11.1 Å². The van der Waals surface area contributed by atoms with Gasteiger partial charge in [0.1, 0.15) is 11.5 Å². The van der Waals surface area contributed by atoms with Crippen LogP contribution in [0.15, 0.2) is 66.5 Å². The summed E-state index contributed by atoms with van der Waals surface area (Å²) in [6.07, 6.45) is 3.12. The highest BCUT2D eigenvalue weighted by Crippen LogP contribution is 2.43. The number of hydrogen-bond acceptors (Lipinski definition) is 6. The largest absolute Gasteiger partial charge is 0.507 e. The maximum Gasteiger partial charge on any atom is 0.300 e. The molecule has 1 saturated heterocycles. The van der Waals surface area contributed by atoms with Gasteiger partial charge in [-0.05, 0) is 73.0 Å². The second kappa shape index (κ2) is 9.42. The van der Waals surface area contributed by atoms with Gasteiger partial charge in [-0.2, -0.15) is 0 Å². The lowest BCUT2D eigenvalue weighted by atomic mass is 9.94. The fraction of sp³-hybridized carbons (Fsp3) is 0.185. The molecule has 178 valence electrons. The number of nitrogens with zero attached hydrogens (tertiary/aromatic N) is 2. The maximum absolute atomic E-state index is 13.3. The number of ketones is 1. The molecule has 8 nitrogen and oxygen atoms in total. The van der Waals surface area contributed by atoms with Gasteiger partial charge in [0.05, 0.1) is 24.3 Å². The predicted molar refractivity (Wildman–Crippen MR) is 132 cm³/mol. The summed E-state index contributed by atoms with van der Waals surface area (Å²) in [5.74, 6) is -1.70. The summed E-state index contributed by atoms with van der Waals surface area (Å²) in [6.45, 7) is 5.12. The molecule has 2 heterocycles. The third-order valence-electron chi connectivity index (χ3n) is 5.81. The van der Waals surface area contributed by atoms with Gasteiger partial charge >= 0.3 is 0 Å². The number of aromatic nitrogens is 1. The van der Waals surface area contributed by atoms with E-state index in [1.807, 2.05) is 19.9 Å². The fourth-order valence-corrected chi connectivity index (χ4v) is 4.41. The van der Waals surface area contributed by atoms with Crippen LogP contribution in [0.2, 0.25) is 0 Å². The zero-order valence-electron chi connectivity index (χ0n) is 19.8. The Morgan fingerprint density at radius 3 is 2.31 bits per heavy atom. The van der Waals surface area contributed by atoms with Gasteiger partial charge in [0.15, 0.2) is 0 Å². The van der Waals surface area contributed by atoms with E-state index in [1.165, 1.54) is 18.9 Å². The Labute approximate surface area is 202 Å². The number of aliphatic hydroxyl groups is 1. The van der Waals surface area contributed by atoms with Crippen LogP contribution in [0.1, 0.15) is 35.2 Å². The first-order chi connectivity index (χ1) is 16.7. The third-order valence-corrected chi connectivity index (χ3v) is 5.81. The number of methoxy groups -OCH3 is 1. The highest BCUT2D eigenvalue weighted by atomic mass is 16.5. The number of nitrogens with one attached hydrogen (secondary N) is 1. The van der Waals surface area contributed by atoms with Gasteiger partial charge in [0.2, 0.25) is 5.91 Å². The third kappa shape index (κ3) is 4.38. The highest BCUT2D eigenvalue weighted by Gasteiger charge is 2.47. The van der Waals surface area contributed by atoms with Crippen molar-refractivity contribution in [3.63, 3.8) is 0 Å². The molecule has 2 aromatic carbocycles. The molecule has 1 aliphatic heterocycles. The van der Waals surface area contributed by atoms with Crippen LogP contribution in [0.4, 0.5) is 11.4 Å². The minimum absolute atomic E-state index is 0.0459. The second-order valence-electron chi connectivity index (χ2n) is 8.34. The molecule has 0 radical (unpaired) electrons. The van der Waals surface area contributed by atoms with Crippen LogP contribution in [0.5, 0.6) is 5.75 Å². The molecular formula is C27H25N3O5. The molecule has 8 heteroatoms. The summed E-state index contributed by atoms with van der Waals surface area (Å²) in [6, 6.07) is 12.7. The Balaban J connectivity index is 1.92. The standard InChI is InChI=1S/C27H25N3O5/c1-15-13-16(2)26(35-4)21(14-15)24(32)22-23(18-9-11-28-12-10-18)30(27(34)25(22)33)20-7-5-19(6-8-20)29-17(3)31/h5-14,23,32H,1-4H3,(H,29,31)/b24-22+. The molecule has 2 N–H and O–H groups in total. The SMILES string of the molecule is COc1c(C)cc(C)cc1/C(O)=C1\C(=O)C(=O)N(c2ccc(NC(C)=O)cc2)C1c1ccncc1. The number of anilines is 2. The number of aliphatic hydroxyl groups excluding tert-OH is 1. The van der Waals surface area contributed by atoms with Gasteiger partial charge in [-0.3, -0.25) is 24.3 Å². The van der Waals surface area contributed by atoms with Crippen molar-refractivity contribution in [3.8, 4) is 5.75 Å². The van der Waals surface area contributed by atoms with E-state index in [-0.39, 0.29) is 17.2 Å². The molecule has 1 atom stereocenters. The van der Waals surface area contributed by atoms with Gasteiger partial charge in [0.25, 0.3) is 11.7 Å². The lowest BCUT2D eigenvalue weighted by Crippen LogP contribution is -2.29. The van der Waals surface area contributed by atoms with Gasteiger partial charge in [0, 0.05) is 30.7 Å². The minimum atomic E-state index is -0.893. The van der Waals surface area contributed by atoms with E-state index in [2.05, 4.69) is 10.3 Å². The molecule has 1 unspecified atom stereocenters. The summed E-state index contributed by atoms with van der Waals surface area (Å²) in [7, 11) is 1.49. The van der Waals surface area contributed by atoms with Crippen LogP contribution in [0, 0.1) is 13.8 Å². The highest BCUT2D eigenvalue weighted by molar-refractivity contribution is 6.51. The van der Waals surface area contributed by atoms with Crippen LogP contribution < -0.4 is 15.0 Å². The topological polar surface area (TPSA) is 109 Å². The molecule has 35 heavy (non-hydrogen) atoms. The summed E-state index contributed by atoms with van der Waals surface area (Å²) < 4.78 is 5.52. The number of benzene rings is 2. The van der Waals surface area contributed by atoms with Crippen LogP contribution in [0.3, 0.4) is 0 Å². The van der Waals surface area contributed by atoms with Crippen molar-refractivity contribution in [2.45, 2.75) is 26.8 Å². The van der Waals surface area contributed by atoms with Gasteiger partial charge in [-0.1, -0.05) is 6.07 Å². The Kier molecular flexibility index (Phi) is 6.38. The number of carbonyl (C=O) groups excluding carboxylic acids is 3. The first kappa shape index (κ1) is 23.7. The molecule has 0 aliphatic carbocycles. The summed E-state index contributed by atoms with van der Waals surface area (Å²) in [5.41, 5.74) is 3.55. The lowest BCUT2D eigenvalue weighted by molar-refractivity contribution is -0.132. The van der Waals surface area contributed by atoms with E-state index in [0.29, 0.717) is 28.3 Å². The maximum atomic E-state index is 13.3. The first-order valence-electron chi connectivity index (χ1n) is 11.0. The zero-order chi connectivity index (χ0) is 25.3. The van der Waals surface area contributed by atoms with E-state index < -0.39 is 17.7 Å². The number of amides is 2. The number of pyridine rings is 1. The second-order valence-corrected chi connectivity index (χ2v) is 8.34. The fourth-order valence-electron chi connectivity index (χ4n) is 4.41. The number of carbonyl (C=O) groups is 3. The monoisotopic (exact) mass is 471 g/mol. The van der Waals surface area contributed by atoms with Crippen LogP contribution in [0.25, 0.3) is 5.76 Å². The van der Waals surface area contributed by atoms with Crippen molar-refractivity contribution in [2.24, 2.45) is 0 Å². The Morgan fingerprint density at radius 1 is 1.06 bits per heavy atom. The predicted octanol–water partition coefficient (Wildman–Crippen LogP) is 4.29. The number of hydrogen-bond donors (Lipinski definition) is 2. The van der Waals surface area contributed by atoms with Crippen molar-refractivity contribution in [2.75, 3.05) is 17.3 Å². The van der Waals surface area contributed by atoms with Crippen molar-refractivity contribution in [1.29, 1.82) is 0 Å². The molecular weight excluding hydrogens is 446 g/mol. The van der Waals surface area contributed by atoms with Crippen LogP contribution >= 0.6 is 0 Å². The number of aryl methyl sites for hydroxylation is 2. The molecule has 0 spiro atoms.